The molecule has 0 spiro atoms. The lowest BCUT2D eigenvalue weighted by atomic mass is 9.97. The number of hydrogen-bond acceptors (Lipinski definition) is 3. The van der Waals surface area contributed by atoms with Crippen molar-refractivity contribution in [3.63, 3.8) is 0 Å². The van der Waals surface area contributed by atoms with Crippen molar-refractivity contribution in [1.29, 1.82) is 0 Å². The summed E-state index contributed by atoms with van der Waals surface area (Å²) in [4.78, 5) is 15.7. The molecule has 1 aromatic rings. The Morgan fingerprint density at radius 1 is 1.50 bits per heavy atom. The van der Waals surface area contributed by atoms with E-state index in [2.05, 4.69) is 20.9 Å². The summed E-state index contributed by atoms with van der Waals surface area (Å²) in [5, 5.41) is 0. The van der Waals surface area contributed by atoms with Crippen LogP contribution in [0.25, 0.3) is 0 Å². The molecular formula is C12H17BrN2O. The SMILES string of the molecule is CC(C)C(N)CC(=O)Cc1cncc(Br)c1. The monoisotopic (exact) mass is 284 g/mol. The molecular weight excluding hydrogens is 268 g/mol. The van der Waals surface area contributed by atoms with Crippen LogP contribution in [0.2, 0.25) is 0 Å². The van der Waals surface area contributed by atoms with Gasteiger partial charge in [-0.05, 0) is 33.5 Å². The highest BCUT2D eigenvalue weighted by molar-refractivity contribution is 9.10. The van der Waals surface area contributed by atoms with Crippen molar-refractivity contribution in [2.24, 2.45) is 11.7 Å². The maximum Gasteiger partial charge on any atom is 0.138 e. The van der Waals surface area contributed by atoms with Gasteiger partial charge < -0.3 is 5.73 Å². The van der Waals surface area contributed by atoms with Crippen LogP contribution < -0.4 is 5.73 Å². The van der Waals surface area contributed by atoms with Gasteiger partial charge in [0.05, 0.1) is 0 Å². The van der Waals surface area contributed by atoms with E-state index in [-0.39, 0.29) is 11.8 Å². The van der Waals surface area contributed by atoms with Crippen molar-refractivity contribution in [2.45, 2.75) is 32.7 Å². The van der Waals surface area contributed by atoms with Gasteiger partial charge in [0.2, 0.25) is 0 Å². The molecule has 1 unspecified atom stereocenters. The van der Waals surface area contributed by atoms with E-state index in [0.29, 0.717) is 18.8 Å². The van der Waals surface area contributed by atoms with Crippen molar-refractivity contribution >= 4 is 21.7 Å². The molecule has 0 aliphatic rings. The Morgan fingerprint density at radius 3 is 2.75 bits per heavy atom. The molecule has 16 heavy (non-hydrogen) atoms. The van der Waals surface area contributed by atoms with Gasteiger partial charge in [-0.1, -0.05) is 13.8 Å². The molecule has 0 aliphatic carbocycles. The van der Waals surface area contributed by atoms with Crippen LogP contribution >= 0.6 is 15.9 Å². The van der Waals surface area contributed by atoms with E-state index in [1.165, 1.54) is 0 Å². The summed E-state index contributed by atoms with van der Waals surface area (Å²) in [6, 6.07) is 1.86. The number of aromatic nitrogens is 1. The van der Waals surface area contributed by atoms with Crippen LogP contribution in [0, 0.1) is 5.92 Å². The molecule has 3 nitrogen and oxygen atoms in total. The lowest BCUT2D eigenvalue weighted by molar-refractivity contribution is -0.118. The van der Waals surface area contributed by atoms with E-state index in [1.807, 2.05) is 19.9 Å². The van der Waals surface area contributed by atoms with Crippen LogP contribution in [0.5, 0.6) is 0 Å². The van der Waals surface area contributed by atoms with Crippen LogP contribution in [0.4, 0.5) is 0 Å². The highest BCUT2D eigenvalue weighted by atomic mass is 79.9. The molecule has 1 rings (SSSR count). The van der Waals surface area contributed by atoms with Crippen LogP contribution in [0.15, 0.2) is 22.9 Å². The second-order valence-electron chi connectivity index (χ2n) is 4.34. The van der Waals surface area contributed by atoms with Gasteiger partial charge in [0, 0.05) is 35.7 Å². The molecule has 1 heterocycles. The number of carbonyl (C=O) groups is 1. The Hall–Kier alpha value is -0.740. The van der Waals surface area contributed by atoms with Crippen molar-refractivity contribution in [2.75, 3.05) is 0 Å². The minimum absolute atomic E-state index is 0.0485. The lowest BCUT2D eigenvalue weighted by Crippen LogP contribution is -2.29. The Bertz CT molecular complexity index is 366. The molecule has 2 N–H and O–H groups in total. The van der Waals surface area contributed by atoms with Gasteiger partial charge in [-0.3, -0.25) is 9.78 Å². The van der Waals surface area contributed by atoms with E-state index < -0.39 is 0 Å². The summed E-state index contributed by atoms with van der Waals surface area (Å²) in [6.07, 6.45) is 4.26. The van der Waals surface area contributed by atoms with Crippen LogP contribution in [-0.2, 0) is 11.2 Å². The number of nitrogens with zero attached hydrogens (tertiary/aromatic N) is 1. The van der Waals surface area contributed by atoms with Crippen molar-refractivity contribution in [3.8, 4) is 0 Å². The Balaban J connectivity index is 2.52. The molecule has 0 fully saturated rings. The first-order chi connectivity index (χ1) is 7.49. The highest BCUT2D eigenvalue weighted by Crippen LogP contribution is 2.12. The number of halogens is 1. The predicted octanol–water partition coefficient (Wildman–Crippen LogP) is 2.33. The summed E-state index contributed by atoms with van der Waals surface area (Å²) >= 11 is 3.33. The molecule has 4 heteroatoms. The van der Waals surface area contributed by atoms with Gasteiger partial charge in [0.25, 0.3) is 0 Å². The van der Waals surface area contributed by atoms with E-state index >= 15 is 0 Å². The molecule has 0 amide bonds. The minimum Gasteiger partial charge on any atom is -0.327 e. The molecule has 1 aromatic heterocycles. The number of pyridine rings is 1. The number of Topliss-reactive ketones (excluding diaryl/α,β-unsaturated/α-hetero) is 1. The zero-order chi connectivity index (χ0) is 12.1. The second kappa shape index (κ2) is 6.11. The fourth-order valence-corrected chi connectivity index (χ4v) is 1.76. The highest BCUT2D eigenvalue weighted by Gasteiger charge is 2.13. The standard InChI is InChI=1S/C12H17BrN2O/c1-8(2)12(14)5-11(16)4-9-3-10(13)7-15-6-9/h3,6-8,12H,4-5,14H2,1-2H3. The molecule has 0 aromatic carbocycles. The second-order valence-corrected chi connectivity index (χ2v) is 5.25. The molecule has 0 aliphatic heterocycles. The fraction of sp³-hybridized carbons (Fsp3) is 0.500. The maximum absolute atomic E-state index is 11.7. The third kappa shape index (κ3) is 4.41. The number of hydrogen-bond donors (Lipinski definition) is 1. The van der Waals surface area contributed by atoms with Gasteiger partial charge in [0.1, 0.15) is 5.78 Å². The van der Waals surface area contributed by atoms with Crippen LogP contribution in [0.1, 0.15) is 25.8 Å². The summed E-state index contributed by atoms with van der Waals surface area (Å²) in [6.45, 7) is 4.05. The normalized spacial score (nSPS) is 12.8. The smallest absolute Gasteiger partial charge is 0.138 e. The fourth-order valence-electron chi connectivity index (χ4n) is 1.35. The van der Waals surface area contributed by atoms with E-state index in [4.69, 9.17) is 5.73 Å². The Kier molecular flexibility index (Phi) is 5.09. The zero-order valence-electron chi connectivity index (χ0n) is 9.61. The maximum atomic E-state index is 11.7. The van der Waals surface area contributed by atoms with Gasteiger partial charge in [-0.25, -0.2) is 0 Å². The first kappa shape index (κ1) is 13.3. The average molecular weight is 285 g/mol. The molecule has 0 saturated heterocycles. The summed E-state index contributed by atoms with van der Waals surface area (Å²) in [5.41, 5.74) is 6.78. The van der Waals surface area contributed by atoms with Gasteiger partial charge in [0.15, 0.2) is 0 Å². The quantitative estimate of drug-likeness (QED) is 0.903. The summed E-state index contributed by atoms with van der Waals surface area (Å²) in [7, 11) is 0. The third-order valence-corrected chi connectivity index (χ3v) is 2.92. The third-order valence-electron chi connectivity index (χ3n) is 2.48. The van der Waals surface area contributed by atoms with Gasteiger partial charge in [-0.15, -0.1) is 0 Å². The van der Waals surface area contributed by atoms with E-state index in [9.17, 15) is 4.79 Å². The number of ketones is 1. The largest absolute Gasteiger partial charge is 0.327 e. The topological polar surface area (TPSA) is 56.0 Å². The van der Waals surface area contributed by atoms with Crippen molar-refractivity contribution in [1.82, 2.24) is 4.98 Å². The Labute approximate surface area is 105 Å². The molecule has 0 radical (unpaired) electrons. The predicted molar refractivity (Wildman–Crippen MR) is 68.1 cm³/mol. The molecule has 88 valence electrons. The molecule has 0 bridgehead atoms. The van der Waals surface area contributed by atoms with E-state index in [1.54, 1.807) is 12.4 Å². The van der Waals surface area contributed by atoms with E-state index in [0.717, 1.165) is 10.0 Å². The van der Waals surface area contributed by atoms with Crippen molar-refractivity contribution < 1.29 is 4.79 Å². The summed E-state index contributed by atoms with van der Waals surface area (Å²) < 4.78 is 0.894. The average Bonchev–Trinajstić information content (AvgIpc) is 2.16. The molecule has 0 saturated carbocycles. The van der Waals surface area contributed by atoms with Gasteiger partial charge in [-0.2, -0.15) is 0 Å². The first-order valence-corrected chi connectivity index (χ1v) is 6.15. The van der Waals surface area contributed by atoms with Crippen LogP contribution in [-0.4, -0.2) is 16.8 Å². The van der Waals surface area contributed by atoms with Crippen molar-refractivity contribution in [3.05, 3.63) is 28.5 Å². The molecule has 1 atom stereocenters. The lowest BCUT2D eigenvalue weighted by Gasteiger charge is -2.14. The minimum atomic E-state index is -0.0485. The number of carbonyl (C=O) groups excluding carboxylic acids is 1. The summed E-state index contributed by atoms with van der Waals surface area (Å²) in [5.74, 6) is 0.505. The first-order valence-electron chi connectivity index (χ1n) is 5.35. The number of nitrogens with two attached hydrogens (primary N) is 1. The van der Waals surface area contributed by atoms with Crippen LogP contribution in [0.3, 0.4) is 0 Å². The van der Waals surface area contributed by atoms with Gasteiger partial charge >= 0.3 is 0 Å². The zero-order valence-corrected chi connectivity index (χ0v) is 11.2. The number of rotatable bonds is 5. The Morgan fingerprint density at radius 2 is 2.19 bits per heavy atom.